The summed E-state index contributed by atoms with van der Waals surface area (Å²) in [5, 5.41) is 0. The lowest BCUT2D eigenvalue weighted by molar-refractivity contribution is -0.0471. The van der Waals surface area contributed by atoms with E-state index in [-0.39, 0.29) is 0 Å². The van der Waals surface area contributed by atoms with Crippen LogP contribution in [-0.2, 0) is 29.5 Å². The molecule has 0 spiro atoms. The van der Waals surface area contributed by atoms with Crippen molar-refractivity contribution in [3.8, 4) is 0 Å². The van der Waals surface area contributed by atoms with Gasteiger partial charge in [0, 0.05) is 0 Å². The molecule has 0 bridgehead atoms. The molecular weight excluding hydrogens is 411 g/mol. The van der Waals surface area contributed by atoms with Crippen LogP contribution in [0.25, 0.3) is 0 Å². The summed E-state index contributed by atoms with van der Waals surface area (Å²) in [7, 11) is -24.1. The van der Waals surface area contributed by atoms with Crippen LogP contribution in [0.1, 0.15) is 0 Å². The fraction of sp³-hybridized carbons (Fsp3) is 0.750. The molecule has 0 N–H and O–H groups in total. The molecule has 0 aromatic carbocycles. The first kappa shape index (κ1) is 21.1. The van der Waals surface area contributed by atoms with Crippen LogP contribution in [0, 0.1) is 3.91 Å². The number of rotatable bonds is 3. The Bertz CT molecular complexity index is 628. The Morgan fingerprint density at radius 2 is 0.591 bits per heavy atom. The van der Waals surface area contributed by atoms with Crippen molar-refractivity contribution in [2.24, 2.45) is 0 Å². The Labute approximate surface area is 115 Å². The maximum Gasteiger partial charge on any atom is 0.541 e. The van der Waals surface area contributed by atoms with Crippen LogP contribution in [0.2, 0.25) is 0 Å². The van der Waals surface area contributed by atoms with Crippen LogP contribution < -0.4 is 0 Å². The molecule has 0 aromatic rings. The van der Waals surface area contributed by atoms with E-state index >= 15 is 0 Å². The SMILES string of the molecule is O=S(=O)([C+](S(=O)(=O)C(F)(F)F)S(=O)(=O)C(F)(F)F)C(F)(F)F. The molecular formula is C4F9O6S3+. The van der Waals surface area contributed by atoms with Crippen molar-refractivity contribution in [2.45, 2.75) is 16.5 Å². The Morgan fingerprint density at radius 3 is 0.682 bits per heavy atom. The summed E-state index contributed by atoms with van der Waals surface area (Å²) in [6.45, 7) is 0. The normalized spacial score (nSPS) is 15.7. The Hall–Kier alpha value is -0.910. The minimum absolute atomic E-state index is 4.75. The molecule has 22 heavy (non-hydrogen) atoms. The van der Waals surface area contributed by atoms with Gasteiger partial charge in [-0.25, -0.2) is 0 Å². The van der Waals surface area contributed by atoms with Crippen molar-refractivity contribution in [2.75, 3.05) is 0 Å². The van der Waals surface area contributed by atoms with Gasteiger partial charge in [0.2, 0.25) is 0 Å². The van der Waals surface area contributed by atoms with E-state index in [0.717, 1.165) is 0 Å². The van der Waals surface area contributed by atoms with Crippen LogP contribution in [0.4, 0.5) is 39.5 Å². The number of hydrogen-bond donors (Lipinski definition) is 0. The maximum absolute atomic E-state index is 12.0. The highest BCUT2D eigenvalue weighted by Crippen LogP contribution is 2.47. The van der Waals surface area contributed by atoms with Crippen LogP contribution in [0.3, 0.4) is 0 Å². The Balaban J connectivity index is 7.00. The monoisotopic (exact) mass is 411 g/mol. The second-order valence-electron chi connectivity index (χ2n) is 3.10. The quantitative estimate of drug-likeness (QED) is 0.512. The summed E-state index contributed by atoms with van der Waals surface area (Å²) in [6, 6.07) is 0. The van der Waals surface area contributed by atoms with Gasteiger partial charge in [0.15, 0.2) is 0 Å². The fourth-order valence-electron chi connectivity index (χ4n) is 0.717. The lowest BCUT2D eigenvalue weighted by Crippen LogP contribution is -2.47. The van der Waals surface area contributed by atoms with Gasteiger partial charge < -0.3 is 0 Å². The second-order valence-corrected chi connectivity index (χ2v) is 9.51. The molecule has 0 amide bonds. The van der Waals surface area contributed by atoms with Crippen molar-refractivity contribution < 1.29 is 64.8 Å². The van der Waals surface area contributed by atoms with E-state index in [0.29, 0.717) is 0 Å². The Kier molecular flexibility index (Phi) is 4.84. The van der Waals surface area contributed by atoms with E-state index in [4.69, 9.17) is 0 Å². The van der Waals surface area contributed by atoms with Crippen molar-refractivity contribution >= 4 is 29.5 Å². The van der Waals surface area contributed by atoms with Gasteiger partial charge in [-0.3, -0.25) is 0 Å². The maximum atomic E-state index is 12.0. The molecule has 6 nitrogen and oxygen atoms in total. The van der Waals surface area contributed by atoms with E-state index in [2.05, 4.69) is 0 Å². The van der Waals surface area contributed by atoms with Gasteiger partial charge in [0.1, 0.15) is 0 Å². The highest BCUT2D eigenvalue weighted by molar-refractivity contribution is 8.29. The van der Waals surface area contributed by atoms with Gasteiger partial charge in [-0.2, -0.15) is 64.8 Å². The third-order valence-corrected chi connectivity index (χ3v) is 8.67. The van der Waals surface area contributed by atoms with E-state index in [1.807, 2.05) is 0 Å². The van der Waals surface area contributed by atoms with Crippen molar-refractivity contribution in [3.63, 3.8) is 0 Å². The van der Waals surface area contributed by atoms with Crippen LogP contribution >= 0.6 is 0 Å². The summed E-state index contributed by atoms with van der Waals surface area (Å²) in [5.41, 5.74) is -21.2. The zero-order valence-corrected chi connectivity index (χ0v) is 11.5. The minimum atomic E-state index is -8.02. The molecule has 0 fully saturated rings. The molecule has 0 aliphatic rings. The summed E-state index contributed by atoms with van der Waals surface area (Å²) < 4.78 is 167. The molecule has 0 saturated carbocycles. The first-order valence-electron chi connectivity index (χ1n) is 3.93. The molecule has 0 aliphatic carbocycles. The fourth-order valence-corrected chi connectivity index (χ4v) is 6.45. The predicted octanol–water partition coefficient (Wildman–Crippen LogP) is 1.24. The summed E-state index contributed by atoms with van der Waals surface area (Å²) in [6.07, 6.45) is 0. The number of sulfone groups is 3. The van der Waals surface area contributed by atoms with Crippen molar-refractivity contribution in [1.29, 1.82) is 0 Å². The third-order valence-electron chi connectivity index (χ3n) is 1.57. The lowest BCUT2D eigenvalue weighted by Gasteiger charge is -2.12. The summed E-state index contributed by atoms with van der Waals surface area (Å²) >= 11 is 0. The zero-order chi connectivity index (χ0) is 18.6. The number of hydrogen-bond acceptors (Lipinski definition) is 6. The summed E-state index contributed by atoms with van der Waals surface area (Å²) in [5.74, 6) is 0. The molecule has 0 radical (unpaired) electrons. The zero-order valence-electron chi connectivity index (χ0n) is 9.08. The predicted molar refractivity (Wildman–Crippen MR) is 48.2 cm³/mol. The molecule has 18 heteroatoms. The number of halogens is 9. The van der Waals surface area contributed by atoms with E-state index in [1.165, 1.54) is 0 Å². The first-order valence-corrected chi connectivity index (χ1v) is 8.38. The smallest absolute Gasteiger partial charge is 0.169 e. The van der Waals surface area contributed by atoms with Crippen LogP contribution in [0.15, 0.2) is 0 Å². The van der Waals surface area contributed by atoms with Crippen molar-refractivity contribution in [1.82, 2.24) is 0 Å². The van der Waals surface area contributed by atoms with Gasteiger partial charge in [0.25, 0.3) is 0 Å². The van der Waals surface area contributed by atoms with E-state index in [9.17, 15) is 64.8 Å². The highest BCUT2D eigenvalue weighted by atomic mass is 32.3. The molecule has 132 valence electrons. The van der Waals surface area contributed by atoms with Crippen LogP contribution in [0.5, 0.6) is 0 Å². The molecule has 0 atom stereocenters. The average Bonchev–Trinajstić information content (AvgIpc) is 2.09. The highest BCUT2D eigenvalue weighted by Gasteiger charge is 2.84. The average molecular weight is 411 g/mol. The van der Waals surface area contributed by atoms with E-state index < -0.39 is 50.0 Å². The molecule has 0 heterocycles. The summed E-state index contributed by atoms with van der Waals surface area (Å²) in [4.78, 5) is 0. The lowest BCUT2D eigenvalue weighted by atomic mass is 11.5. The molecule has 0 rings (SSSR count). The molecule has 0 saturated heterocycles. The molecule has 0 unspecified atom stereocenters. The van der Waals surface area contributed by atoms with Gasteiger partial charge in [0.05, 0.1) is 0 Å². The van der Waals surface area contributed by atoms with Gasteiger partial charge in [-0.1, -0.05) is 0 Å². The molecule has 0 aromatic heterocycles. The van der Waals surface area contributed by atoms with Gasteiger partial charge >= 0.3 is 50.0 Å². The van der Waals surface area contributed by atoms with E-state index in [1.54, 1.807) is 0 Å². The van der Waals surface area contributed by atoms with Gasteiger partial charge in [-0.05, 0) is 0 Å². The topological polar surface area (TPSA) is 102 Å². The third kappa shape index (κ3) is 3.21. The van der Waals surface area contributed by atoms with Crippen molar-refractivity contribution in [3.05, 3.63) is 3.91 Å². The minimum Gasteiger partial charge on any atom is -0.169 e. The standard InChI is InChI=1S/C4F9O6S3/c5-2(6,7)20(14,15)1(21(16,17)3(8,9)10)22(18,19)4(11,12)13/q+1. The number of alkyl halides is 9. The van der Waals surface area contributed by atoms with Gasteiger partial charge in [-0.15, -0.1) is 0 Å². The van der Waals surface area contributed by atoms with Crippen LogP contribution in [-0.4, -0.2) is 41.8 Å². The second kappa shape index (κ2) is 5.05. The Morgan fingerprint density at radius 1 is 0.455 bits per heavy atom. The largest absolute Gasteiger partial charge is 0.541 e. The molecule has 0 aliphatic heterocycles. The first-order chi connectivity index (χ1) is 9.12.